The van der Waals surface area contributed by atoms with Gasteiger partial charge in [-0.25, -0.2) is 9.78 Å². The Morgan fingerprint density at radius 3 is 2.80 bits per heavy atom. The monoisotopic (exact) mass is 211 g/mol. The average Bonchev–Trinajstić information content (AvgIpc) is 2.72. The molecule has 1 atom stereocenters. The number of carboxylic acid groups (broad SMARTS) is 1. The molecule has 1 fully saturated rings. The van der Waals surface area contributed by atoms with Crippen molar-refractivity contribution in [2.45, 2.75) is 32.3 Å². The molecule has 82 valence electrons. The van der Waals surface area contributed by atoms with E-state index in [0.29, 0.717) is 18.3 Å². The molecule has 1 saturated heterocycles. The summed E-state index contributed by atoms with van der Waals surface area (Å²) in [5, 5.41) is 8.84. The summed E-state index contributed by atoms with van der Waals surface area (Å²) in [7, 11) is 0. The first-order chi connectivity index (χ1) is 7.03. The molecule has 0 radical (unpaired) electrons. The van der Waals surface area contributed by atoms with Crippen LogP contribution in [0.4, 0.5) is 0 Å². The van der Waals surface area contributed by atoms with Crippen molar-refractivity contribution in [1.29, 1.82) is 0 Å². The molecule has 0 amide bonds. The number of nitrogens with zero attached hydrogens (tertiary/aromatic N) is 1. The summed E-state index contributed by atoms with van der Waals surface area (Å²) in [5.74, 6) is -0.367. The molecule has 0 bridgehead atoms. The van der Waals surface area contributed by atoms with Gasteiger partial charge in [-0.05, 0) is 26.7 Å². The highest BCUT2D eigenvalue weighted by atomic mass is 16.5. The third-order valence-corrected chi connectivity index (χ3v) is 2.67. The number of hydrogen-bond acceptors (Lipinski definition) is 4. The van der Waals surface area contributed by atoms with Crippen LogP contribution in [0, 0.1) is 6.92 Å². The maximum absolute atomic E-state index is 10.8. The molecule has 5 nitrogen and oxygen atoms in total. The molecule has 1 aromatic heterocycles. The topological polar surface area (TPSA) is 72.6 Å². The third kappa shape index (κ3) is 1.63. The summed E-state index contributed by atoms with van der Waals surface area (Å²) in [6.07, 6.45) is 1.76. The molecule has 1 aliphatic rings. The van der Waals surface area contributed by atoms with Crippen molar-refractivity contribution >= 4 is 5.97 Å². The Balaban J connectivity index is 2.37. The van der Waals surface area contributed by atoms with E-state index in [1.165, 1.54) is 0 Å². The highest BCUT2D eigenvalue weighted by molar-refractivity contribution is 5.86. The molecule has 1 N–H and O–H groups in total. The van der Waals surface area contributed by atoms with Gasteiger partial charge in [-0.15, -0.1) is 0 Å². The number of oxazole rings is 1. The lowest BCUT2D eigenvalue weighted by molar-refractivity contribution is -0.00584. The van der Waals surface area contributed by atoms with Gasteiger partial charge < -0.3 is 14.3 Å². The first kappa shape index (κ1) is 10.2. The van der Waals surface area contributed by atoms with Gasteiger partial charge in [0.05, 0.1) is 0 Å². The number of hydrogen-bond donors (Lipinski definition) is 1. The fraction of sp³-hybridized carbons (Fsp3) is 0.600. The normalized spacial score (nSPS) is 25.7. The fourth-order valence-electron chi connectivity index (χ4n) is 1.77. The maximum atomic E-state index is 10.8. The Morgan fingerprint density at radius 1 is 1.60 bits per heavy atom. The highest BCUT2D eigenvalue weighted by Gasteiger charge is 2.37. The van der Waals surface area contributed by atoms with Crippen LogP contribution < -0.4 is 0 Å². The zero-order valence-corrected chi connectivity index (χ0v) is 8.74. The van der Waals surface area contributed by atoms with Crippen molar-refractivity contribution in [2.24, 2.45) is 0 Å². The molecule has 0 spiro atoms. The quantitative estimate of drug-likeness (QED) is 0.806. The second kappa shape index (κ2) is 3.34. The SMILES string of the molecule is Cc1oc(C2(C)CCCO2)nc1C(=O)O. The molecular weight excluding hydrogens is 198 g/mol. The number of ether oxygens (including phenoxy) is 1. The Morgan fingerprint density at radius 2 is 2.33 bits per heavy atom. The second-order valence-corrected chi connectivity index (χ2v) is 3.91. The van der Waals surface area contributed by atoms with Crippen LogP contribution in [0.2, 0.25) is 0 Å². The summed E-state index contributed by atoms with van der Waals surface area (Å²) < 4.78 is 10.9. The lowest BCUT2D eigenvalue weighted by Gasteiger charge is -2.17. The summed E-state index contributed by atoms with van der Waals surface area (Å²) >= 11 is 0. The Labute approximate surface area is 87.1 Å². The van der Waals surface area contributed by atoms with Gasteiger partial charge in [-0.3, -0.25) is 0 Å². The number of rotatable bonds is 2. The van der Waals surface area contributed by atoms with E-state index in [1.54, 1.807) is 6.92 Å². The third-order valence-electron chi connectivity index (χ3n) is 2.67. The van der Waals surface area contributed by atoms with Gasteiger partial charge >= 0.3 is 5.97 Å². The van der Waals surface area contributed by atoms with Crippen molar-refractivity contribution < 1.29 is 19.1 Å². The first-order valence-electron chi connectivity index (χ1n) is 4.88. The summed E-state index contributed by atoms with van der Waals surface area (Å²) in [6.45, 7) is 4.13. The van der Waals surface area contributed by atoms with Gasteiger partial charge in [-0.1, -0.05) is 0 Å². The standard InChI is InChI=1S/C10H13NO4/c1-6-7(8(12)13)11-9(15-6)10(2)4-3-5-14-10/h3-5H2,1-2H3,(H,12,13). The van der Waals surface area contributed by atoms with Gasteiger partial charge in [0.25, 0.3) is 0 Å². The number of carboxylic acids is 1. The van der Waals surface area contributed by atoms with E-state index in [1.807, 2.05) is 6.92 Å². The molecule has 2 heterocycles. The van der Waals surface area contributed by atoms with E-state index in [0.717, 1.165) is 12.8 Å². The largest absolute Gasteiger partial charge is 0.476 e. The minimum absolute atomic E-state index is 0.0262. The van der Waals surface area contributed by atoms with Crippen molar-refractivity contribution in [1.82, 2.24) is 4.98 Å². The van der Waals surface area contributed by atoms with Crippen LogP contribution in [-0.2, 0) is 10.3 Å². The highest BCUT2D eigenvalue weighted by Crippen LogP contribution is 2.35. The fourth-order valence-corrected chi connectivity index (χ4v) is 1.77. The minimum atomic E-state index is -1.07. The number of aromatic carboxylic acids is 1. The summed E-state index contributed by atoms with van der Waals surface area (Å²) in [4.78, 5) is 14.8. The molecule has 15 heavy (non-hydrogen) atoms. The summed E-state index contributed by atoms with van der Waals surface area (Å²) in [6, 6.07) is 0. The first-order valence-corrected chi connectivity index (χ1v) is 4.88. The number of aryl methyl sites for hydroxylation is 1. The Hall–Kier alpha value is -1.36. The minimum Gasteiger partial charge on any atom is -0.476 e. The van der Waals surface area contributed by atoms with Gasteiger partial charge in [0, 0.05) is 6.61 Å². The Bertz CT molecular complexity index is 390. The molecule has 5 heteroatoms. The molecular formula is C10H13NO4. The zero-order valence-electron chi connectivity index (χ0n) is 8.74. The molecule has 1 aliphatic heterocycles. The second-order valence-electron chi connectivity index (χ2n) is 3.91. The van der Waals surface area contributed by atoms with Gasteiger partial charge in [0.15, 0.2) is 5.69 Å². The molecule has 1 aromatic rings. The Kier molecular flexibility index (Phi) is 2.26. The molecule has 0 aromatic carbocycles. The predicted octanol–water partition coefficient (Wildman–Crippen LogP) is 1.71. The molecule has 0 aliphatic carbocycles. The van der Waals surface area contributed by atoms with E-state index in [4.69, 9.17) is 14.3 Å². The van der Waals surface area contributed by atoms with Crippen molar-refractivity contribution in [2.75, 3.05) is 6.61 Å². The van der Waals surface area contributed by atoms with Crippen LogP contribution in [0.1, 0.15) is 41.9 Å². The zero-order chi connectivity index (χ0) is 11.1. The number of aromatic nitrogens is 1. The van der Waals surface area contributed by atoms with E-state index < -0.39 is 11.6 Å². The predicted molar refractivity (Wildman–Crippen MR) is 50.7 cm³/mol. The number of carbonyl (C=O) groups is 1. The van der Waals surface area contributed by atoms with Crippen LogP contribution in [0.15, 0.2) is 4.42 Å². The molecule has 1 unspecified atom stereocenters. The lowest BCUT2D eigenvalue weighted by Crippen LogP contribution is -2.20. The van der Waals surface area contributed by atoms with Crippen molar-refractivity contribution in [3.05, 3.63) is 17.3 Å². The maximum Gasteiger partial charge on any atom is 0.358 e. The van der Waals surface area contributed by atoms with E-state index >= 15 is 0 Å². The van der Waals surface area contributed by atoms with E-state index in [2.05, 4.69) is 4.98 Å². The smallest absolute Gasteiger partial charge is 0.358 e. The van der Waals surface area contributed by atoms with Gasteiger partial charge in [-0.2, -0.15) is 0 Å². The molecule has 0 saturated carbocycles. The van der Waals surface area contributed by atoms with Gasteiger partial charge in [0.2, 0.25) is 5.89 Å². The summed E-state index contributed by atoms with van der Waals surface area (Å²) in [5.41, 5.74) is -0.583. The van der Waals surface area contributed by atoms with Crippen LogP contribution in [0.25, 0.3) is 0 Å². The van der Waals surface area contributed by atoms with Crippen molar-refractivity contribution in [3.63, 3.8) is 0 Å². The lowest BCUT2D eigenvalue weighted by atomic mass is 10.0. The van der Waals surface area contributed by atoms with Crippen LogP contribution >= 0.6 is 0 Å². The average molecular weight is 211 g/mol. The van der Waals surface area contributed by atoms with Crippen LogP contribution in [0.5, 0.6) is 0 Å². The van der Waals surface area contributed by atoms with Gasteiger partial charge in [0.1, 0.15) is 11.4 Å². The van der Waals surface area contributed by atoms with E-state index in [-0.39, 0.29) is 5.69 Å². The van der Waals surface area contributed by atoms with E-state index in [9.17, 15) is 4.79 Å². The van der Waals surface area contributed by atoms with Crippen molar-refractivity contribution in [3.8, 4) is 0 Å². The van der Waals surface area contributed by atoms with Crippen LogP contribution in [0.3, 0.4) is 0 Å². The molecule has 2 rings (SSSR count). The van der Waals surface area contributed by atoms with Crippen LogP contribution in [-0.4, -0.2) is 22.7 Å².